The van der Waals surface area contributed by atoms with Gasteiger partial charge in [-0.25, -0.2) is 9.50 Å². The average Bonchev–Trinajstić information content (AvgIpc) is 3.27. The van der Waals surface area contributed by atoms with Gasteiger partial charge < -0.3 is 5.32 Å². The lowest BCUT2D eigenvalue weighted by Crippen LogP contribution is -2.27. The maximum atomic E-state index is 12.4. The van der Waals surface area contributed by atoms with E-state index in [-0.39, 0.29) is 11.9 Å². The minimum absolute atomic E-state index is 0.115. The number of nitrogens with one attached hydrogen (secondary N) is 1. The van der Waals surface area contributed by atoms with Crippen LogP contribution in [0.15, 0.2) is 36.4 Å². The Labute approximate surface area is 153 Å². The summed E-state index contributed by atoms with van der Waals surface area (Å²) in [6.45, 7) is 6.03. The summed E-state index contributed by atoms with van der Waals surface area (Å²) in [5.74, 6) is 0.581. The van der Waals surface area contributed by atoms with Crippen molar-refractivity contribution in [2.24, 2.45) is 0 Å². The van der Waals surface area contributed by atoms with E-state index in [4.69, 9.17) is 0 Å². The van der Waals surface area contributed by atoms with Gasteiger partial charge in [0.25, 0.3) is 0 Å². The second kappa shape index (κ2) is 6.56. The van der Waals surface area contributed by atoms with Crippen molar-refractivity contribution < 1.29 is 4.79 Å². The Kier molecular flexibility index (Phi) is 4.23. The summed E-state index contributed by atoms with van der Waals surface area (Å²) in [6.07, 6.45) is 2.20. The zero-order valence-corrected chi connectivity index (χ0v) is 15.5. The first-order valence-electron chi connectivity index (χ1n) is 9.19. The number of hydrogen-bond donors (Lipinski definition) is 1. The molecule has 3 aromatic rings. The first-order chi connectivity index (χ1) is 12.5. The fourth-order valence-electron chi connectivity index (χ4n) is 3.74. The van der Waals surface area contributed by atoms with Crippen LogP contribution in [0.25, 0.3) is 5.65 Å². The summed E-state index contributed by atoms with van der Waals surface area (Å²) in [5, 5.41) is 7.67. The van der Waals surface area contributed by atoms with Gasteiger partial charge in [-0.2, -0.15) is 5.10 Å². The molecule has 0 bridgehead atoms. The minimum Gasteiger partial charge on any atom is -0.353 e. The van der Waals surface area contributed by atoms with Crippen LogP contribution in [-0.2, 0) is 11.2 Å². The average molecular weight is 348 g/mol. The SMILES string of the molecule is Cc1cc2nc(C)c(CCC(=O)NC3CC3c3ccccc3)c(C)n2n1. The molecule has 2 atom stereocenters. The van der Waals surface area contributed by atoms with Gasteiger partial charge in [0.05, 0.1) is 5.69 Å². The van der Waals surface area contributed by atoms with Crippen molar-refractivity contribution in [2.45, 2.75) is 52.0 Å². The number of fused-ring (bicyclic) bond motifs is 1. The third kappa shape index (κ3) is 3.21. The lowest BCUT2D eigenvalue weighted by molar-refractivity contribution is -0.121. The molecular formula is C21H24N4O. The van der Waals surface area contributed by atoms with Gasteiger partial charge in [-0.3, -0.25) is 4.79 Å². The van der Waals surface area contributed by atoms with Crippen molar-refractivity contribution >= 4 is 11.6 Å². The van der Waals surface area contributed by atoms with E-state index >= 15 is 0 Å². The number of aromatic nitrogens is 3. The number of carbonyl (C=O) groups is 1. The normalized spacial score (nSPS) is 18.9. The topological polar surface area (TPSA) is 59.3 Å². The largest absolute Gasteiger partial charge is 0.353 e. The van der Waals surface area contributed by atoms with Gasteiger partial charge in [-0.1, -0.05) is 30.3 Å². The lowest BCUT2D eigenvalue weighted by atomic mass is 10.1. The molecule has 0 radical (unpaired) electrons. The minimum atomic E-state index is 0.115. The summed E-state index contributed by atoms with van der Waals surface area (Å²) >= 11 is 0. The van der Waals surface area contributed by atoms with E-state index < -0.39 is 0 Å². The monoisotopic (exact) mass is 348 g/mol. The van der Waals surface area contributed by atoms with E-state index in [9.17, 15) is 4.79 Å². The fourth-order valence-corrected chi connectivity index (χ4v) is 3.74. The quantitative estimate of drug-likeness (QED) is 0.770. The molecule has 1 aromatic carbocycles. The molecule has 1 aliphatic carbocycles. The summed E-state index contributed by atoms with van der Waals surface area (Å²) in [5.41, 5.74) is 6.31. The van der Waals surface area contributed by atoms with Gasteiger partial charge in [0.1, 0.15) is 0 Å². The maximum Gasteiger partial charge on any atom is 0.220 e. The first kappa shape index (κ1) is 16.8. The van der Waals surface area contributed by atoms with Crippen LogP contribution in [-0.4, -0.2) is 26.5 Å². The first-order valence-corrected chi connectivity index (χ1v) is 9.19. The van der Waals surface area contributed by atoms with Crippen LogP contribution in [0.5, 0.6) is 0 Å². The number of amides is 1. The molecule has 1 amide bonds. The van der Waals surface area contributed by atoms with Gasteiger partial charge in [-0.15, -0.1) is 0 Å². The van der Waals surface area contributed by atoms with Crippen molar-refractivity contribution in [3.8, 4) is 0 Å². The molecular weight excluding hydrogens is 324 g/mol. The van der Waals surface area contributed by atoms with Crippen LogP contribution in [0.2, 0.25) is 0 Å². The van der Waals surface area contributed by atoms with E-state index in [1.54, 1.807) is 0 Å². The maximum absolute atomic E-state index is 12.4. The van der Waals surface area contributed by atoms with E-state index in [1.807, 2.05) is 37.4 Å². The summed E-state index contributed by atoms with van der Waals surface area (Å²) in [6, 6.07) is 12.7. The van der Waals surface area contributed by atoms with Crippen molar-refractivity contribution in [2.75, 3.05) is 0 Å². The van der Waals surface area contributed by atoms with E-state index in [0.717, 1.165) is 34.7 Å². The highest BCUT2D eigenvalue weighted by atomic mass is 16.1. The zero-order chi connectivity index (χ0) is 18.3. The number of nitrogens with zero attached hydrogens (tertiary/aromatic N) is 3. The molecule has 2 aromatic heterocycles. The molecule has 1 N–H and O–H groups in total. The van der Waals surface area contributed by atoms with Crippen molar-refractivity contribution in [3.05, 3.63) is 64.6 Å². The Bertz CT molecular complexity index is 961. The molecule has 1 aliphatic rings. The van der Waals surface area contributed by atoms with Crippen LogP contribution in [0.1, 0.15) is 47.0 Å². The van der Waals surface area contributed by atoms with Crippen LogP contribution >= 0.6 is 0 Å². The fraction of sp³-hybridized carbons (Fsp3) is 0.381. The standard InChI is InChI=1S/C21H24N4O/c1-13-11-20-22-14(2)17(15(3)25(20)24-13)9-10-21(26)23-19-12-18(19)16-7-5-4-6-8-16/h4-8,11,18-19H,9-10,12H2,1-3H3,(H,23,26). The Morgan fingerprint density at radius 1 is 1.23 bits per heavy atom. The third-order valence-corrected chi connectivity index (χ3v) is 5.25. The molecule has 2 unspecified atom stereocenters. The molecule has 5 heteroatoms. The van der Waals surface area contributed by atoms with Crippen molar-refractivity contribution in [3.63, 3.8) is 0 Å². The molecule has 0 saturated heterocycles. The van der Waals surface area contributed by atoms with Gasteiger partial charge in [0, 0.05) is 35.8 Å². The number of benzene rings is 1. The van der Waals surface area contributed by atoms with Gasteiger partial charge in [0.2, 0.25) is 5.91 Å². The van der Waals surface area contributed by atoms with Crippen molar-refractivity contribution in [1.29, 1.82) is 0 Å². The van der Waals surface area contributed by atoms with Gasteiger partial charge >= 0.3 is 0 Å². The predicted octanol–water partition coefficient (Wildman–Crippen LogP) is 3.26. The molecule has 134 valence electrons. The summed E-state index contributed by atoms with van der Waals surface area (Å²) < 4.78 is 1.88. The molecule has 1 fully saturated rings. The molecule has 2 heterocycles. The molecule has 0 spiro atoms. The Morgan fingerprint density at radius 3 is 2.77 bits per heavy atom. The van der Waals surface area contributed by atoms with Crippen LogP contribution in [0, 0.1) is 20.8 Å². The molecule has 4 rings (SSSR count). The van der Waals surface area contributed by atoms with E-state index in [2.05, 4.69) is 39.7 Å². The number of rotatable bonds is 5. The van der Waals surface area contributed by atoms with E-state index in [0.29, 0.717) is 18.8 Å². The molecule has 1 saturated carbocycles. The highest BCUT2D eigenvalue weighted by Gasteiger charge is 2.39. The predicted molar refractivity (Wildman–Crippen MR) is 101 cm³/mol. The lowest BCUT2D eigenvalue weighted by Gasteiger charge is -2.11. The van der Waals surface area contributed by atoms with E-state index in [1.165, 1.54) is 5.56 Å². The summed E-state index contributed by atoms with van der Waals surface area (Å²) in [4.78, 5) is 17.0. The second-order valence-electron chi connectivity index (χ2n) is 7.24. The second-order valence-corrected chi connectivity index (χ2v) is 7.24. The Morgan fingerprint density at radius 2 is 2.00 bits per heavy atom. The number of carbonyl (C=O) groups excluding carboxylic acids is 1. The van der Waals surface area contributed by atoms with Crippen LogP contribution in [0.3, 0.4) is 0 Å². The number of hydrogen-bond acceptors (Lipinski definition) is 3. The van der Waals surface area contributed by atoms with Crippen LogP contribution < -0.4 is 5.32 Å². The molecule has 5 nitrogen and oxygen atoms in total. The zero-order valence-electron chi connectivity index (χ0n) is 15.5. The Hall–Kier alpha value is -2.69. The van der Waals surface area contributed by atoms with Crippen molar-refractivity contribution in [1.82, 2.24) is 19.9 Å². The Balaban J connectivity index is 1.39. The van der Waals surface area contributed by atoms with Gasteiger partial charge in [0.15, 0.2) is 5.65 Å². The number of aryl methyl sites for hydroxylation is 3. The third-order valence-electron chi connectivity index (χ3n) is 5.25. The smallest absolute Gasteiger partial charge is 0.220 e. The summed E-state index contributed by atoms with van der Waals surface area (Å²) in [7, 11) is 0. The highest BCUT2D eigenvalue weighted by Crippen LogP contribution is 2.40. The molecule has 0 aliphatic heterocycles. The van der Waals surface area contributed by atoms with Gasteiger partial charge in [-0.05, 0) is 44.7 Å². The highest BCUT2D eigenvalue weighted by molar-refractivity contribution is 5.77. The molecule has 26 heavy (non-hydrogen) atoms. The van der Waals surface area contributed by atoms with Crippen LogP contribution in [0.4, 0.5) is 0 Å².